The van der Waals surface area contributed by atoms with Gasteiger partial charge in [0.05, 0.1) is 25.3 Å². The Hall–Kier alpha value is -5.50. The highest BCUT2D eigenvalue weighted by atomic mass is 16.5. The van der Waals surface area contributed by atoms with E-state index >= 15 is 0 Å². The molecule has 0 atom stereocenters. The van der Waals surface area contributed by atoms with Crippen molar-refractivity contribution in [1.82, 2.24) is 0 Å². The minimum atomic E-state index is -1.38. The summed E-state index contributed by atoms with van der Waals surface area (Å²) in [5, 5.41) is 21.2. The van der Waals surface area contributed by atoms with Gasteiger partial charge in [-0.15, -0.1) is 0 Å². The van der Waals surface area contributed by atoms with E-state index in [0.29, 0.717) is 45.9 Å². The molecule has 0 heterocycles. The number of ether oxygens (including phenoxy) is 4. The van der Waals surface area contributed by atoms with Gasteiger partial charge < -0.3 is 29.2 Å². The molecule has 212 valence electrons. The summed E-state index contributed by atoms with van der Waals surface area (Å²) in [5.41, 5.74) is 1.83. The maximum Gasteiger partial charge on any atom is 0.337 e. The molecule has 5 aromatic carbocycles. The van der Waals surface area contributed by atoms with Crippen molar-refractivity contribution in [3.63, 3.8) is 0 Å². The van der Waals surface area contributed by atoms with Crippen molar-refractivity contribution >= 4 is 22.7 Å². The molecular weight excluding hydrogens is 536 g/mol. The van der Waals surface area contributed by atoms with Crippen LogP contribution >= 0.6 is 0 Å². The highest BCUT2D eigenvalue weighted by Crippen LogP contribution is 2.43. The van der Waals surface area contributed by atoms with Gasteiger partial charge in [0, 0.05) is 5.56 Å². The van der Waals surface area contributed by atoms with Crippen molar-refractivity contribution < 1.29 is 38.7 Å². The fourth-order valence-electron chi connectivity index (χ4n) is 4.78. The second-order valence-electron chi connectivity index (χ2n) is 9.42. The van der Waals surface area contributed by atoms with E-state index in [1.165, 1.54) is 20.3 Å². The highest BCUT2D eigenvalue weighted by molar-refractivity contribution is 6.15. The van der Waals surface area contributed by atoms with E-state index < -0.39 is 11.9 Å². The van der Waals surface area contributed by atoms with Crippen LogP contribution in [0.3, 0.4) is 0 Å². The predicted molar refractivity (Wildman–Crippen MR) is 158 cm³/mol. The van der Waals surface area contributed by atoms with Crippen molar-refractivity contribution in [2.75, 3.05) is 14.2 Å². The molecular formula is C34H28O8. The maximum absolute atomic E-state index is 12.6. The van der Waals surface area contributed by atoms with Gasteiger partial charge >= 0.3 is 11.9 Å². The SMILES string of the molecule is COc1cc(-c2c(C(=O)O)c(C(=O)O)cc3cc(OC)c(OCc4ccccc4)cc23)ccc1OCc1ccccc1. The lowest BCUT2D eigenvalue weighted by Gasteiger charge is -2.18. The standard InChI is InChI=1S/C34H28O8/c1-39-28-16-23(13-14-27(28)41-19-21-9-5-3-6-10-21)31-25-18-30(42-20-22-11-7-4-8-12-22)29(40-2)17-24(25)15-26(33(35)36)32(31)34(37)38/h3-18H,19-20H2,1-2H3,(H,35,36)(H,37,38). The van der Waals surface area contributed by atoms with Crippen LogP contribution in [0.5, 0.6) is 23.0 Å². The topological polar surface area (TPSA) is 112 Å². The van der Waals surface area contributed by atoms with E-state index in [-0.39, 0.29) is 23.3 Å². The number of carboxylic acids is 2. The molecule has 8 nitrogen and oxygen atoms in total. The van der Waals surface area contributed by atoms with Crippen LogP contribution in [-0.4, -0.2) is 36.4 Å². The Bertz CT molecular complexity index is 1750. The second kappa shape index (κ2) is 12.3. The third-order valence-corrected chi connectivity index (χ3v) is 6.80. The van der Waals surface area contributed by atoms with E-state index in [9.17, 15) is 19.8 Å². The number of hydrogen-bond acceptors (Lipinski definition) is 6. The molecule has 0 saturated heterocycles. The largest absolute Gasteiger partial charge is 0.493 e. The molecule has 5 aromatic rings. The lowest BCUT2D eigenvalue weighted by atomic mass is 9.89. The van der Waals surface area contributed by atoms with Crippen molar-refractivity contribution in [3.8, 4) is 34.1 Å². The summed E-state index contributed by atoms with van der Waals surface area (Å²) in [6.07, 6.45) is 0. The molecule has 8 heteroatoms. The van der Waals surface area contributed by atoms with Crippen LogP contribution < -0.4 is 18.9 Å². The lowest BCUT2D eigenvalue weighted by molar-refractivity contribution is 0.0652. The molecule has 0 aliphatic carbocycles. The first kappa shape index (κ1) is 28.0. The van der Waals surface area contributed by atoms with E-state index in [1.807, 2.05) is 60.7 Å². The number of rotatable bonds is 11. The van der Waals surface area contributed by atoms with Crippen LogP contribution in [0.1, 0.15) is 31.8 Å². The minimum absolute atomic E-state index is 0.206. The first-order valence-corrected chi connectivity index (χ1v) is 13.1. The molecule has 42 heavy (non-hydrogen) atoms. The fourth-order valence-corrected chi connectivity index (χ4v) is 4.78. The summed E-state index contributed by atoms with van der Waals surface area (Å²) < 4.78 is 23.2. The summed E-state index contributed by atoms with van der Waals surface area (Å²) in [7, 11) is 2.97. The molecule has 0 saturated carbocycles. The number of hydrogen-bond donors (Lipinski definition) is 2. The molecule has 0 radical (unpaired) electrons. The number of benzene rings is 5. The Morgan fingerprint density at radius 3 is 1.74 bits per heavy atom. The summed E-state index contributed by atoms with van der Waals surface area (Å²) in [6, 6.07) is 28.9. The van der Waals surface area contributed by atoms with Crippen molar-refractivity contribution in [2.45, 2.75) is 13.2 Å². The summed E-state index contributed by atoms with van der Waals surface area (Å²) in [5.74, 6) is -1.17. The molecule has 0 unspecified atom stereocenters. The van der Waals surface area contributed by atoms with Gasteiger partial charge in [-0.25, -0.2) is 9.59 Å². The number of fused-ring (bicyclic) bond motifs is 1. The smallest absolute Gasteiger partial charge is 0.337 e. The third-order valence-electron chi connectivity index (χ3n) is 6.80. The Labute approximate surface area is 242 Å². The van der Waals surface area contributed by atoms with Gasteiger partial charge in [-0.1, -0.05) is 66.7 Å². The highest BCUT2D eigenvalue weighted by Gasteiger charge is 2.26. The number of carboxylic acid groups (broad SMARTS) is 2. The zero-order valence-electron chi connectivity index (χ0n) is 23.0. The molecule has 0 bridgehead atoms. The van der Waals surface area contributed by atoms with Crippen LogP contribution in [0.2, 0.25) is 0 Å². The van der Waals surface area contributed by atoms with Gasteiger partial charge in [0.2, 0.25) is 0 Å². The van der Waals surface area contributed by atoms with E-state index in [4.69, 9.17) is 18.9 Å². The third kappa shape index (κ3) is 5.83. The molecule has 0 aromatic heterocycles. The van der Waals surface area contributed by atoms with Gasteiger partial charge in [-0.05, 0) is 57.8 Å². The first-order valence-electron chi connectivity index (χ1n) is 13.1. The quantitative estimate of drug-likeness (QED) is 0.175. The zero-order chi connectivity index (χ0) is 29.6. The fraction of sp³-hybridized carbons (Fsp3) is 0.118. The van der Waals surface area contributed by atoms with Gasteiger partial charge in [-0.3, -0.25) is 0 Å². The van der Waals surface area contributed by atoms with E-state index in [1.54, 1.807) is 30.3 Å². The van der Waals surface area contributed by atoms with Crippen molar-refractivity contribution in [1.29, 1.82) is 0 Å². The van der Waals surface area contributed by atoms with Gasteiger partial charge in [0.1, 0.15) is 13.2 Å². The molecule has 0 spiro atoms. The number of methoxy groups -OCH3 is 2. The van der Waals surface area contributed by atoms with Crippen molar-refractivity contribution in [2.24, 2.45) is 0 Å². The van der Waals surface area contributed by atoms with Gasteiger partial charge in [0.25, 0.3) is 0 Å². The Balaban J connectivity index is 1.66. The Morgan fingerprint density at radius 2 is 1.19 bits per heavy atom. The zero-order valence-corrected chi connectivity index (χ0v) is 23.0. The van der Waals surface area contributed by atoms with Crippen LogP contribution in [0.4, 0.5) is 0 Å². The van der Waals surface area contributed by atoms with E-state index in [2.05, 4.69) is 0 Å². The summed E-state index contributed by atoms with van der Waals surface area (Å²) in [6.45, 7) is 0.550. The summed E-state index contributed by atoms with van der Waals surface area (Å²) in [4.78, 5) is 24.9. The second-order valence-corrected chi connectivity index (χ2v) is 9.42. The summed E-state index contributed by atoms with van der Waals surface area (Å²) >= 11 is 0. The maximum atomic E-state index is 12.6. The lowest BCUT2D eigenvalue weighted by Crippen LogP contribution is -2.11. The van der Waals surface area contributed by atoms with Gasteiger partial charge in [-0.2, -0.15) is 0 Å². The molecule has 2 N–H and O–H groups in total. The first-order chi connectivity index (χ1) is 20.4. The monoisotopic (exact) mass is 564 g/mol. The number of carbonyl (C=O) groups is 2. The molecule has 0 amide bonds. The Morgan fingerprint density at radius 1 is 0.619 bits per heavy atom. The van der Waals surface area contributed by atoms with Crippen LogP contribution in [-0.2, 0) is 13.2 Å². The Kier molecular flexibility index (Phi) is 8.24. The molecule has 0 fully saturated rings. The normalized spacial score (nSPS) is 10.7. The minimum Gasteiger partial charge on any atom is -0.493 e. The predicted octanol–water partition coefficient (Wildman–Crippen LogP) is 7.08. The van der Waals surface area contributed by atoms with Gasteiger partial charge in [0.15, 0.2) is 23.0 Å². The van der Waals surface area contributed by atoms with Crippen LogP contribution in [0.15, 0.2) is 97.1 Å². The average molecular weight is 565 g/mol. The van der Waals surface area contributed by atoms with E-state index in [0.717, 1.165) is 11.1 Å². The van der Waals surface area contributed by atoms with Crippen LogP contribution in [0, 0.1) is 0 Å². The average Bonchev–Trinajstić information content (AvgIpc) is 3.02. The number of aromatic carboxylic acids is 2. The van der Waals surface area contributed by atoms with Crippen LogP contribution in [0.25, 0.3) is 21.9 Å². The van der Waals surface area contributed by atoms with Crippen molar-refractivity contribution in [3.05, 3.63) is 119 Å². The molecule has 0 aliphatic rings. The molecule has 5 rings (SSSR count). The molecule has 0 aliphatic heterocycles.